The van der Waals surface area contributed by atoms with Crippen LogP contribution in [0.2, 0.25) is 0 Å². The van der Waals surface area contributed by atoms with E-state index in [2.05, 4.69) is 10.4 Å². The van der Waals surface area contributed by atoms with Crippen molar-refractivity contribution in [2.24, 2.45) is 7.05 Å². The third kappa shape index (κ3) is 2.81. The highest BCUT2D eigenvalue weighted by molar-refractivity contribution is 5.50. The zero-order valence-corrected chi connectivity index (χ0v) is 11.4. The Labute approximate surface area is 112 Å². The summed E-state index contributed by atoms with van der Waals surface area (Å²) in [6.07, 6.45) is 2.75. The normalized spacial score (nSPS) is 12.4. The van der Waals surface area contributed by atoms with Crippen molar-refractivity contribution < 1.29 is 10.2 Å². The molecule has 1 aromatic heterocycles. The van der Waals surface area contributed by atoms with Crippen LogP contribution in [0.3, 0.4) is 0 Å². The zero-order valence-electron chi connectivity index (χ0n) is 11.4. The second-order valence-corrected chi connectivity index (χ2v) is 4.63. The SMILES string of the molecule is CCc1nn(C)cc1NC(C)c1cc(O)ccc1O. The van der Waals surface area contributed by atoms with E-state index in [4.69, 9.17) is 0 Å². The van der Waals surface area contributed by atoms with Crippen LogP contribution >= 0.6 is 0 Å². The first-order chi connectivity index (χ1) is 9.01. The lowest BCUT2D eigenvalue weighted by molar-refractivity contribution is 0.451. The van der Waals surface area contributed by atoms with Gasteiger partial charge in [0, 0.05) is 18.8 Å². The van der Waals surface area contributed by atoms with E-state index in [-0.39, 0.29) is 17.5 Å². The fourth-order valence-electron chi connectivity index (χ4n) is 2.12. The third-order valence-electron chi connectivity index (χ3n) is 3.09. The van der Waals surface area contributed by atoms with Crippen molar-refractivity contribution in [2.45, 2.75) is 26.3 Å². The minimum atomic E-state index is -0.124. The molecule has 2 aromatic rings. The number of anilines is 1. The minimum absolute atomic E-state index is 0.124. The topological polar surface area (TPSA) is 70.3 Å². The van der Waals surface area contributed by atoms with Crippen molar-refractivity contribution >= 4 is 5.69 Å². The largest absolute Gasteiger partial charge is 0.508 e. The quantitative estimate of drug-likeness (QED) is 0.740. The van der Waals surface area contributed by atoms with E-state index >= 15 is 0 Å². The smallest absolute Gasteiger partial charge is 0.121 e. The number of rotatable bonds is 4. The fraction of sp³-hybridized carbons (Fsp3) is 0.357. The van der Waals surface area contributed by atoms with Crippen LogP contribution in [0.4, 0.5) is 5.69 Å². The molecule has 2 rings (SSSR count). The van der Waals surface area contributed by atoms with Gasteiger partial charge in [0.05, 0.1) is 17.4 Å². The number of nitrogens with zero attached hydrogens (tertiary/aromatic N) is 2. The zero-order chi connectivity index (χ0) is 14.0. The van der Waals surface area contributed by atoms with E-state index in [1.807, 2.05) is 27.1 Å². The molecule has 0 spiro atoms. The lowest BCUT2D eigenvalue weighted by atomic mass is 10.1. The Bertz CT molecular complexity index is 578. The van der Waals surface area contributed by atoms with Gasteiger partial charge in [-0.1, -0.05) is 6.92 Å². The van der Waals surface area contributed by atoms with E-state index < -0.39 is 0 Å². The average molecular weight is 261 g/mol. The third-order valence-corrected chi connectivity index (χ3v) is 3.09. The number of aryl methyl sites for hydroxylation is 2. The standard InChI is InChI=1S/C14H19N3O2/c1-4-12-13(8-17(3)16-12)15-9(2)11-7-10(18)5-6-14(11)19/h5-9,15,18-19H,4H2,1-3H3. The number of nitrogens with one attached hydrogen (secondary N) is 1. The van der Waals surface area contributed by atoms with Gasteiger partial charge < -0.3 is 15.5 Å². The van der Waals surface area contributed by atoms with Crippen LogP contribution in [-0.2, 0) is 13.5 Å². The predicted octanol–water partition coefficient (Wildman–Crippen LogP) is 2.57. The Morgan fingerprint density at radius 2 is 2.11 bits per heavy atom. The maximum Gasteiger partial charge on any atom is 0.121 e. The van der Waals surface area contributed by atoms with Gasteiger partial charge in [-0.2, -0.15) is 5.10 Å². The molecule has 5 heteroatoms. The molecule has 3 N–H and O–H groups in total. The molecule has 1 atom stereocenters. The summed E-state index contributed by atoms with van der Waals surface area (Å²) in [6.45, 7) is 3.98. The van der Waals surface area contributed by atoms with E-state index in [0.717, 1.165) is 17.8 Å². The molecule has 0 fully saturated rings. The Kier molecular flexibility index (Phi) is 3.64. The number of phenolic OH excluding ortho intramolecular Hbond substituents is 2. The Hall–Kier alpha value is -2.17. The van der Waals surface area contributed by atoms with Crippen LogP contribution in [0, 0.1) is 0 Å². The van der Waals surface area contributed by atoms with Crippen LogP contribution in [0.25, 0.3) is 0 Å². The molecule has 0 bridgehead atoms. The van der Waals surface area contributed by atoms with Gasteiger partial charge in [-0.05, 0) is 31.5 Å². The van der Waals surface area contributed by atoms with E-state index in [1.54, 1.807) is 10.7 Å². The van der Waals surface area contributed by atoms with Gasteiger partial charge >= 0.3 is 0 Å². The molecular formula is C14H19N3O2. The number of aromatic nitrogens is 2. The Morgan fingerprint density at radius 3 is 2.79 bits per heavy atom. The van der Waals surface area contributed by atoms with Crippen LogP contribution < -0.4 is 5.32 Å². The minimum Gasteiger partial charge on any atom is -0.508 e. The van der Waals surface area contributed by atoms with Gasteiger partial charge in [-0.15, -0.1) is 0 Å². The van der Waals surface area contributed by atoms with Gasteiger partial charge in [0.1, 0.15) is 11.5 Å². The molecule has 0 saturated heterocycles. The highest BCUT2D eigenvalue weighted by Crippen LogP contribution is 2.30. The summed E-state index contributed by atoms with van der Waals surface area (Å²) in [7, 11) is 1.88. The van der Waals surface area contributed by atoms with Gasteiger partial charge in [0.15, 0.2) is 0 Å². The second-order valence-electron chi connectivity index (χ2n) is 4.63. The molecule has 1 unspecified atom stereocenters. The number of aromatic hydroxyl groups is 2. The molecular weight excluding hydrogens is 242 g/mol. The maximum atomic E-state index is 9.84. The molecule has 0 saturated carbocycles. The van der Waals surface area contributed by atoms with Crippen LogP contribution in [0.1, 0.15) is 31.1 Å². The van der Waals surface area contributed by atoms with E-state index in [1.165, 1.54) is 12.1 Å². The van der Waals surface area contributed by atoms with Gasteiger partial charge in [0.2, 0.25) is 0 Å². The summed E-state index contributed by atoms with van der Waals surface area (Å²) in [5.74, 6) is 0.308. The first-order valence-corrected chi connectivity index (χ1v) is 6.32. The first-order valence-electron chi connectivity index (χ1n) is 6.32. The lowest BCUT2D eigenvalue weighted by Crippen LogP contribution is -2.07. The lowest BCUT2D eigenvalue weighted by Gasteiger charge is -2.16. The molecule has 19 heavy (non-hydrogen) atoms. The first kappa shape index (κ1) is 13.3. The number of benzene rings is 1. The monoisotopic (exact) mass is 261 g/mol. The van der Waals surface area contributed by atoms with E-state index in [0.29, 0.717) is 5.56 Å². The predicted molar refractivity (Wildman–Crippen MR) is 74.4 cm³/mol. The molecule has 0 aliphatic carbocycles. The summed E-state index contributed by atoms with van der Waals surface area (Å²) in [5, 5.41) is 27.0. The molecule has 1 heterocycles. The van der Waals surface area contributed by atoms with Crippen LogP contribution in [-0.4, -0.2) is 20.0 Å². The summed E-state index contributed by atoms with van der Waals surface area (Å²) in [6, 6.07) is 4.40. The molecule has 5 nitrogen and oxygen atoms in total. The van der Waals surface area contributed by atoms with E-state index in [9.17, 15) is 10.2 Å². The number of hydrogen-bond donors (Lipinski definition) is 3. The molecule has 0 amide bonds. The van der Waals surface area contributed by atoms with Crippen molar-refractivity contribution in [3.63, 3.8) is 0 Å². The maximum absolute atomic E-state index is 9.84. The van der Waals surface area contributed by atoms with Gasteiger partial charge in [-0.25, -0.2) is 0 Å². The molecule has 1 aromatic carbocycles. The van der Waals surface area contributed by atoms with Crippen molar-refractivity contribution in [1.29, 1.82) is 0 Å². The highest BCUT2D eigenvalue weighted by Gasteiger charge is 2.14. The number of phenols is 2. The van der Waals surface area contributed by atoms with Crippen LogP contribution in [0.15, 0.2) is 24.4 Å². The molecule has 0 radical (unpaired) electrons. The van der Waals surface area contributed by atoms with Crippen molar-refractivity contribution in [2.75, 3.05) is 5.32 Å². The second kappa shape index (κ2) is 5.22. The number of hydrogen-bond acceptors (Lipinski definition) is 4. The van der Waals surface area contributed by atoms with Gasteiger partial charge in [-0.3, -0.25) is 4.68 Å². The van der Waals surface area contributed by atoms with Crippen LogP contribution in [0.5, 0.6) is 11.5 Å². The van der Waals surface area contributed by atoms with Crippen molar-refractivity contribution in [3.05, 3.63) is 35.7 Å². The summed E-state index contributed by atoms with van der Waals surface area (Å²) >= 11 is 0. The highest BCUT2D eigenvalue weighted by atomic mass is 16.3. The van der Waals surface area contributed by atoms with Crippen molar-refractivity contribution in [3.8, 4) is 11.5 Å². The van der Waals surface area contributed by atoms with Crippen molar-refractivity contribution in [1.82, 2.24) is 9.78 Å². The van der Waals surface area contributed by atoms with Gasteiger partial charge in [0.25, 0.3) is 0 Å². The summed E-state index contributed by atoms with van der Waals surface area (Å²) in [5.41, 5.74) is 2.58. The summed E-state index contributed by atoms with van der Waals surface area (Å²) < 4.78 is 1.76. The Balaban J connectivity index is 2.25. The molecule has 102 valence electrons. The fourth-order valence-corrected chi connectivity index (χ4v) is 2.12. The molecule has 0 aliphatic heterocycles. The molecule has 0 aliphatic rings. The summed E-state index contributed by atoms with van der Waals surface area (Å²) in [4.78, 5) is 0. The average Bonchev–Trinajstić information content (AvgIpc) is 2.72. The Morgan fingerprint density at radius 1 is 1.37 bits per heavy atom.